The van der Waals surface area contributed by atoms with Gasteiger partial charge in [0.25, 0.3) is 11.8 Å². The quantitative estimate of drug-likeness (QED) is 0.222. The second kappa shape index (κ2) is 13.9. The van der Waals surface area contributed by atoms with E-state index in [-0.39, 0.29) is 35.0 Å². The minimum atomic E-state index is -4.02. The van der Waals surface area contributed by atoms with Gasteiger partial charge in [0.05, 0.1) is 43.4 Å². The molecule has 3 aromatic carbocycles. The molecule has 50 heavy (non-hydrogen) atoms. The minimum absolute atomic E-state index is 0.0165. The van der Waals surface area contributed by atoms with Crippen LogP contribution in [-0.4, -0.2) is 75.4 Å². The van der Waals surface area contributed by atoms with Crippen molar-refractivity contribution in [1.29, 1.82) is 0 Å². The summed E-state index contributed by atoms with van der Waals surface area (Å²) >= 11 is 0. The number of likely N-dealkylation sites (tertiary alicyclic amines) is 1. The van der Waals surface area contributed by atoms with Crippen molar-refractivity contribution in [2.75, 3.05) is 38.5 Å². The molecule has 15 heteroatoms. The standard InChI is InChI=1S/C35H40N4O10S/c1-19(2)50(45,46)29-12-10-22(37-34(44)49-6)16-26(29)30-24(32(41)42)13-14-39(30)33(43)35(3,21-8-11-27(47-4)28(15-21)48-5)38-23-9-7-20-18-36-31(40)25(20)17-23/h7-12,15-17,19,24,30,38H,13-14,18H2,1-6H3,(H,36,40)(H,37,44)(H,41,42)/t24?,30?,35-/m1/s1. The van der Waals surface area contributed by atoms with Crippen molar-refractivity contribution in [1.82, 2.24) is 10.2 Å². The van der Waals surface area contributed by atoms with Crippen LogP contribution in [-0.2, 0) is 36.2 Å². The Morgan fingerprint density at radius 1 is 0.980 bits per heavy atom. The van der Waals surface area contributed by atoms with Crippen LogP contribution >= 0.6 is 0 Å². The van der Waals surface area contributed by atoms with Crippen LogP contribution < -0.4 is 25.4 Å². The fraction of sp³-hybridized carbons (Fsp3) is 0.371. The first-order valence-electron chi connectivity index (χ1n) is 15.8. The molecule has 2 unspecified atom stereocenters. The second-order valence-corrected chi connectivity index (χ2v) is 15.0. The topological polar surface area (TPSA) is 190 Å². The third kappa shape index (κ3) is 6.52. The SMILES string of the molecule is COC(=O)Nc1ccc(S(=O)(=O)C(C)C)c(C2C(C(=O)O)CCN2C(=O)[C@](C)(Nc2ccc3c(c2)C(=O)NC3)c2ccc(OC)c(OC)c2)c1. The monoisotopic (exact) mass is 708 g/mol. The molecule has 4 N–H and O–H groups in total. The van der Waals surface area contributed by atoms with Gasteiger partial charge in [-0.3, -0.25) is 19.7 Å². The van der Waals surface area contributed by atoms with Crippen LogP contribution in [0.25, 0.3) is 0 Å². The van der Waals surface area contributed by atoms with Gasteiger partial charge in [0, 0.05) is 30.0 Å². The van der Waals surface area contributed by atoms with Crippen LogP contribution in [0.15, 0.2) is 59.5 Å². The number of amides is 3. The zero-order chi connectivity index (χ0) is 36.5. The Bertz CT molecular complexity index is 1960. The highest BCUT2D eigenvalue weighted by Crippen LogP contribution is 2.45. The number of anilines is 2. The largest absolute Gasteiger partial charge is 0.493 e. The van der Waals surface area contributed by atoms with Crippen LogP contribution in [0.2, 0.25) is 0 Å². The second-order valence-electron chi connectivity index (χ2n) is 12.5. The summed E-state index contributed by atoms with van der Waals surface area (Å²) in [4.78, 5) is 53.8. The maximum Gasteiger partial charge on any atom is 0.411 e. The van der Waals surface area contributed by atoms with Gasteiger partial charge in [-0.05, 0) is 86.3 Å². The number of carbonyl (C=O) groups is 4. The Balaban J connectivity index is 1.70. The number of rotatable bonds is 11. The molecule has 3 atom stereocenters. The number of methoxy groups -OCH3 is 3. The molecule has 0 aromatic heterocycles. The number of nitrogens with one attached hydrogen (secondary N) is 3. The number of aliphatic carboxylic acids is 1. The summed E-state index contributed by atoms with van der Waals surface area (Å²) in [5.74, 6) is -2.54. The lowest BCUT2D eigenvalue weighted by molar-refractivity contribution is -0.144. The molecule has 3 amide bonds. The molecule has 0 spiro atoms. The molecule has 0 radical (unpaired) electrons. The maximum atomic E-state index is 15.2. The highest BCUT2D eigenvalue weighted by molar-refractivity contribution is 7.92. The number of hydrogen-bond acceptors (Lipinski definition) is 10. The summed E-state index contributed by atoms with van der Waals surface area (Å²) in [5, 5.41) is 18.1. The zero-order valence-electron chi connectivity index (χ0n) is 28.5. The molecule has 1 saturated heterocycles. The van der Waals surface area contributed by atoms with E-state index >= 15 is 4.79 Å². The van der Waals surface area contributed by atoms with Crippen molar-refractivity contribution in [2.24, 2.45) is 5.92 Å². The Morgan fingerprint density at radius 2 is 1.68 bits per heavy atom. The first-order chi connectivity index (χ1) is 23.7. The van der Waals surface area contributed by atoms with Crippen LogP contribution in [0.5, 0.6) is 11.5 Å². The highest BCUT2D eigenvalue weighted by Gasteiger charge is 2.50. The van der Waals surface area contributed by atoms with Gasteiger partial charge in [-0.2, -0.15) is 0 Å². The molecular formula is C35H40N4O10S. The number of fused-ring (bicyclic) bond motifs is 1. The van der Waals surface area contributed by atoms with E-state index in [1.54, 1.807) is 43.3 Å². The van der Waals surface area contributed by atoms with E-state index < -0.39 is 50.6 Å². The predicted molar refractivity (Wildman–Crippen MR) is 183 cm³/mol. The van der Waals surface area contributed by atoms with Crippen LogP contribution in [0.3, 0.4) is 0 Å². The summed E-state index contributed by atoms with van der Waals surface area (Å²) in [5.41, 5.74) is 0.643. The highest BCUT2D eigenvalue weighted by atomic mass is 32.2. The molecule has 1 fully saturated rings. The van der Waals surface area contributed by atoms with Gasteiger partial charge < -0.3 is 34.9 Å². The maximum absolute atomic E-state index is 15.2. The van der Waals surface area contributed by atoms with Gasteiger partial charge in [-0.25, -0.2) is 13.2 Å². The van der Waals surface area contributed by atoms with Crippen molar-refractivity contribution in [2.45, 2.75) is 55.5 Å². The van der Waals surface area contributed by atoms with Crippen molar-refractivity contribution in [3.63, 3.8) is 0 Å². The number of carboxylic acids is 1. The molecule has 0 saturated carbocycles. The number of ether oxygens (including phenoxy) is 3. The summed E-state index contributed by atoms with van der Waals surface area (Å²) in [7, 11) is 0.0774. The Kier molecular flexibility index (Phi) is 10.0. The number of nitrogens with zero attached hydrogens (tertiary/aromatic N) is 1. The lowest BCUT2D eigenvalue weighted by Crippen LogP contribution is -2.50. The van der Waals surface area contributed by atoms with Gasteiger partial charge >= 0.3 is 12.1 Å². The molecule has 2 aliphatic rings. The summed E-state index contributed by atoms with van der Waals surface area (Å²) in [6.07, 6.45) is -0.805. The van der Waals surface area contributed by atoms with Gasteiger partial charge in [-0.1, -0.05) is 12.1 Å². The summed E-state index contributed by atoms with van der Waals surface area (Å²) in [6.45, 7) is 4.96. The molecule has 2 aliphatic heterocycles. The average molecular weight is 709 g/mol. The van der Waals surface area contributed by atoms with E-state index in [1.165, 1.54) is 58.3 Å². The van der Waals surface area contributed by atoms with E-state index in [0.717, 1.165) is 5.56 Å². The fourth-order valence-corrected chi connectivity index (χ4v) is 7.74. The fourth-order valence-electron chi connectivity index (χ4n) is 6.47. The van der Waals surface area contributed by atoms with Gasteiger partial charge in [0.15, 0.2) is 21.3 Å². The van der Waals surface area contributed by atoms with E-state index in [0.29, 0.717) is 34.9 Å². The Hall–Kier alpha value is -5.31. The first-order valence-corrected chi connectivity index (χ1v) is 17.4. The van der Waals surface area contributed by atoms with Gasteiger partial charge in [-0.15, -0.1) is 0 Å². The van der Waals surface area contributed by atoms with Gasteiger partial charge in [0.1, 0.15) is 5.54 Å². The normalized spacial score (nSPS) is 18.1. The molecule has 266 valence electrons. The van der Waals surface area contributed by atoms with Crippen molar-refractivity contribution >= 4 is 45.1 Å². The Labute approximate surface area is 290 Å². The number of carboxylic acid groups (broad SMARTS) is 1. The predicted octanol–water partition coefficient (Wildman–Crippen LogP) is 4.31. The molecule has 14 nitrogen and oxygen atoms in total. The average Bonchev–Trinajstić information content (AvgIpc) is 3.71. The number of sulfone groups is 1. The van der Waals surface area contributed by atoms with E-state index in [4.69, 9.17) is 14.2 Å². The molecule has 3 aromatic rings. The summed E-state index contributed by atoms with van der Waals surface area (Å²) in [6, 6.07) is 12.9. The molecule has 2 heterocycles. The number of hydrogen-bond donors (Lipinski definition) is 4. The number of benzene rings is 3. The van der Waals surface area contributed by atoms with Crippen molar-refractivity contribution < 1.29 is 46.9 Å². The molecule has 0 aliphatic carbocycles. The first kappa shape index (κ1) is 36.0. The number of carbonyl (C=O) groups excluding carboxylic acids is 3. The molecule has 0 bridgehead atoms. The van der Waals surface area contributed by atoms with Crippen molar-refractivity contribution in [3.8, 4) is 11.5 Å². The third-order valence-corrected chi connectivity index (χ3v) is 11.5. The van der Waals surface area contributed by atoms with Crippen molar-refractivity contribution in [3.05, 3.63) is 76.9 Å². The van der Waals surface area contributed by atoms with E-state index in [9.17, 15) is 27.9 Å². The van der Waals surface area contributed by atoms with E-state index in [1.807, 2.05) is 0 Å². The lowest BCUT2D eigenvalue weighted by atomic mass is 9.87. The van der Waals surface area contributed by atoms with Crippen LogP contribution in [0.1, 0.15) is 60.3 Å². The smallest absolute Gasteiger partial charge is 0.411 e. The minimum Gasteiger partial charge on any atom is -0.493 e. The van der Waals surface area contributed by atoms with E-state index in [2.05, 4.69) is 16.0 Å². The van der Waals surface area contributed by atoms with Gasteiger partial charge in [0.2, 0.25) is 0 Å². The summed E-state index contributed by atoms with van der Waals surface area (Å²) < 4.78 is 43.1. The van der Waals surface area contributed by atoms with Crippen LogP contribution in [0, 0.1) is 5.92 Å². The molecular weight excluding hydrogens is 668 g/mol. The third-order valence-electron chi connectivity index (χ3n) is 9.24. The zero-order valence-corrected chi connectivity index (χ0v) is 29.3. The van der Waals surface area contributed by atoms with Crippen LogP contribution in [0.4, 0.5) is 16.2 Å². The Morgan fingerprint density at radius 3 is 2.32 bits per heavy atom. The molecule has 5 rings (SSSR count). The lowest BCUT2D eigenvalue weighted by Gasteiger charge is -2.38.